The molecule has 0 spiro atoms. The van der Waals surface area contributed by atoms with Crippen LogP contribution in [0.15, 0.2) is 0 Å². The summed E-state index contributed by atoms with van der Waals surface area (Å²) in [7, 11) is 0. The molecule has 0 heterocycles. The van der Waals surface area contributed by atoms with Gasteiger partial charge in [0.2, 0.25) is 0 Å². The van der Waals surface area contributed by atoms with E-state index < -0.39 is 0 Å². The van der Waals surface area contributed by atoms with Gasteiger partial charge in [0.15, 0.2) is 0 Å². The summed E-state index contributed by atoms with van der Waals surface area (Å²) >= 11 is 0. The Morgan fingerprint density at radius 1 is 0.364 bits per heavy atom. The molecule has 0 aromatic rings. The molecule has 1 heteroatoms. The maximum Gasteiger partial charge on any atom is 0.0540 e. The second-order valence-corrected chi connectivity index (χ2v) is 11.5. The smallest absolute Gasteiger partial charge is 0.0540 e. The van der Waals surface area contributed by atoms with Crippen molar-refractivity contribution >= 4 is 0 Å². The molecule has 0 fully saturated rings. The van der Waals surface area contributed by atoms with Gasteiger partial charge in [-0.15, -0.1) is 0 Å². The van der Waals surface area contributed by atoms with Gasteiger partial charge in [-0.3, -0.25) is 0 Å². The van der Waals surface area contributed by atoms with Crippen molar-refractivity contribution in [2.45, 2.75) is 200 Å². The summed E-state index contributed by atoms with van der Waals surface area (Å²) in [6, 6.07) is 0. The molecule has 0 radical (unpaired) electrons. The predicted molar refractivity (Wildman–Crippen MR) is 151 cm³/mol. The molecule has 0 aromatic heterocycles. The molecular formula is C32H66O. The fourth-order valence-corrected chi connectivity index (χ4v) is 5.07. The molecule has 0 bridgehead atoms. The Morgan fingerprint density at radius 2 is 0.606 bits per heavy atom. The highest BCUT2D eigenvalue weighted by Gasteiger charge is 2.04. The first-order chi connectivity index (χ1) is 16.2. The Morgan fingerprint density at radius 3 is 0.879 bits per heavy atom. The largest absolute Gasteiger partial charge is 0.393 e. The van der Waals surface area contributed by atoms with Crippen molar-refractivity contribution in [1.29, 1.82) is 0 Å². The molecule has 33 heavy (non-hydrogen) atoms. The van der Waals surface area contributed by atoms with Crippen LogP contribution in [0.2, 0.25) is 0 Å². The van der Waals surface area contributed by atoms with E-state index in [1.54, 1.807) is 0 Å². The average Bonchev–Trinajstić information content (AvgIpc) is 2.79. The van der Waals surface area contributed by atoms with Gasteiger partial charge in [-0.1, -0.05) is 181 Å². The zero-order valence-corrected chi connectivity index (χ0v) is 23.7. The van der Waals surface area contributed by atoms with Crippen molar-refractivity contribution in [3.05, 3.63) is 0 Å². The molecule has 200 valence electrons. The number of unbranched alkanes of at least 4 members (excludes halogenated alkanes) is 22. The molecule has 0 saturated carbocycles. The monoisotopic (exact) mass is 467 g/mol. The standard InChI is InChI=1S/C32H66O/c1-4-5-6-7-8-9-10-14-17-20-23-26-29-32(33)30-27-24-21-18-15-12-11-13-16-19-22-25-28-31(2)3/h31-33H,4-30H2,1-3H3. The molecule has 0 aliphatic rings. The lowest BCUT2D eigenvalue weighted by atomic mass is 10.0. The van der Waals surface area contributed by atoms with Crippen molar-refractivity contribution in [2.75, 3.05) is 0 Å². The zero-order chi connectivity index (χ0) is 24.2. The van der Waals surface area contributed by atoms with Crippen LogP contribution in [-0.2, 0) is 0 Å². The Labute approximate surface area is 211 Å². The van der Waals surface area contributed by atoms with E-state index in [0.29, 0.717) is 0 Å². The summed E-state index contributed by atoms with van der Waals surface area (Å²) in [4.78, 5) is 0. The molecule has 0 aliphatic heterocycles. The van der Waals surface area contributed by atoms with E-state index in [1.165, 1.54) is 161 Å². The molecule has 1 N–H and O–H groups in total. The molecule has 0 aliphatic carbocycles. The highest BCUT2D eigenvalue weighted by molar-refractivity contribution is 4.58. The van der Waals surface area contributed by atoms with Crippen molar-refractivity contribution < 1.29 is 5.11 Å². The van der Waals surface area contributed by atoms with Gasteiger partial charge in [-0.2, -0.15) is 0 Å². The van der Waals surface area contributed by atoms with Gasteiger partial charge in [-0.25, -0.2) is 0 Å². The van der Waals surface area contributed by atoms with Crippen LogP contribution in [0.1, 0.15) is 194 Å². The molecule has 0 aromatic carbocycles. The van der Waals surface area contributed by atoms with Crippen LogP contribution in [0.3, 0.4) is 0 Å². The zero-order valence-electron chi connectivity index (χ0n) is 23.7. The normalized spacial score (nSPS) is 12.6. The van der Waals surface area contributed by atoms with E-state index in [2.05, 4.69) is 20.8 Å². The van der Waals surface area contributed by atoms with E-state index in [-0.39, 0.29) is 6.10 Å². The number of aliphatic hydroxyl groups is 1. The van der Waals surface area contributed by atoms with Gasteiger partial charge in [0, 0.05) is 0 Å². The molecule has 0 rings (SSSR count). The maximum absolute atomic E-state index is 10.2. The van der Waals surface area contributed by atoms with Crippen molar-refractivity contribution in [3.63, 3.8) is 0 Å². The van der Waals surface area contributed by atoms with Crippen LogP contribution >= 0.6 is 0 Å². The van der Waals surface area contributed by atoms with Crippen LogP contribution in [0.4, 0.5) is 0 Å². The Balaban J connectivity index is 3.14. The van der Waals surface area contributed by atoms with Crippen molar-refractivity contribution in [2.24, 2.45) is 5.92 Å². The first-order valence-corrected chi connectivity index (χ1v) is 15.8. The fourth-order valence-electron chi connectivity index (χ4n) is 5.07. The predicted octanol–water partition coefficient (Wildman–Crippen LogP) is 11.6. The van der Waals surface area contributed by atoms with E-state index in [0.717, 1.165) is 18.8 Å². The number of rotatable bonds is 28. The second kappa shape index (κ2) is 28.2. The first-order valence-electron chi connectivity index (χ1n) is 15.8. The number of hydrogen-bond acceptors (Lipinski definition) is 1. The lowest BCUT2D eigenvalue weighted by Crippen LogP contribution is -2.05. The fraction of sp³-hybridized carbons (Fsp3) is 1.00. The highest BCUT2D eigenvalue weighted by Crippen LogP contribution is 2.17. The quantitative estimate of drug-likeness (QED) is 0.114. The summed E-state index contributed by atoms with van der Waals surface area (Å²) in [5, 5.41) is 10.2. The Hall–Kier alpha value is -0.0400. The number of hydrogen-bond donors (Lipinski definition) is 1. The molecule has 0 amide bonds. The summed E-state index contributed by atoms with van der Waals surface area (Å²) in [6.07, 6.45) is 37.1. The molecular weight excluding hydrogens is 400 g/mol. The van der Waals surface area contributed by atoms with E-state index in [1.807, 2.05) is 0 Å². The minimum absolute atomic E-state index is 0.0336. The van der Waals surface area contributed by atoms with Gasteiger partial charge in [0.1, 0.15) is 0 Å². The van der Waals surface area contributed by atoms with Gasteiger partial charge >= 0.3 is 0 Å². The molecule has 0 saturated heterocycles. The van der Waals surface area contributed by atoms with Crippen molar-refractivity contribution in [3.8, 4) is 0 Å². The van der Waals surface area contributed by atoms with Crippen LogP contribution < -0.4 is 0 Å². The van der Waals surface area contributed by atoms with Crippen LogP contribution in [0.5, 0.6) is 0 Å². The summed E-state index contributed by atoms with van der Waals surface area (Å²) in [5.74, 6) is 0.882. The SMILES string of the molecule is CCCCCCCCCCCCCCC(O)CCCCCCCCCCCCCCC(C)C. The molecule has 1 unspecified atom stereocenters. The van der Waals surface area contributed by atoms with Gasteiger partial charge in [0.25, 0.3) is 0 Å². The topological polar surface area (TPSA) is 20.2 Å². The van der Waals surface area contributed by atoms with Gasteiger partial charge < -0.3 is 5.11 Å². The minimum atomic E-state index is -0.0336. The van der Waals surface area contributed by atoms with E-state index in [4.69, 9.17) is 0 Å². The third-order valence-electron chi connectivity index (χ3n) is 7.46. The van der Waals surface area contributed by atoms with Crippen molar-refractivity contribution in [1.82, 2.24) is 0 Å². The average molecular weight is 467 g/mol. The summed E-state index contributed by atoms with van der Waals surface area (Å²) in [5.41, 5.74) is 0. The lowest BCUT2D eigenvalue weighted by molar-refractivity contribution is 0.147. The Bertz CT molecular complexity index is 337. The Kier molecular flexibility index (Phi) is 28.2. The van der Waals surface area contributed by atoms with E-state index >= 15 is 0 Å². The molecule has 1 atom stereocenters. The van der Waals surface area contributed by atoms with Gasteiger partial charge in [-0.05, 0) is 18.8 Å². The molecule has 1 nitrogen and oxygen atoms in total. The van der Waals surface area contributed by atoms with Crippen LogP contribution in [0.25, 0.3) is 0 Å². The highest BCUT2D eigenvalue weighted by atomic mass is 16.3. The van der Waals surface area contributed by atoms with Gasteiger partial charge in [0.05, 0.1) is 6.10 Å². The summed E-state index contributed by atoms with van der Waals surface area (Å²) in [6.45, 7) is 6.96. The maximum atomic E-state index is 10.2. The first kappa shape index (κ1) is 33.0. The third kappa shape index (κ3) is 29.9. The lowest BCUT2D eigenvalue weighted by Gasteiger charge is -2.10. The summed E-state index contributed by atoms with van der Waals surface area (Å²) < 4.78 is 0. The second-order valence-electron chi connectivity index (χ2n) is 11.5. The number of aliphatic hydroxyl groups excluding tert-OH is 1. The van der Waals surface area contributed by atoms with E-state index in [9.17, 15) is 5.11 Å². The minimum Gasteiger partial charge on any atom is -0.393 e. The van der Waals surface area contributed by atoms with Crippen LogP contribution in [-0.4, -0.2) is 11.2 Å². The van der Waals surface area contributed by atoms with Crippen LogP contribution in [0, 0.1) is 5.92 Å². The third-order valence-corrected chi connectivity index (χ3v) is 7.46.